The van der Waals surface area contributed by atoms with Crippen molar-refractivity contribution < 1.29 is 8.78 Å². The van der Waals surface area contributed by atoms with Crippen molar-refractivity contribution >= 4 is 22.4 Å². The number of unbranched alkanes of at least 4 members (excludes halogenated alkanes) is 3. The SMILES string of the molecule is CCCCCCc1ccc(-c2ccc3c(F)c(CCc4ccc(Cl)c(F)c4)ccc3c2)nc1. The second-order valence-electron chi connectivity index (χ2n) is 8.59. The van der Waals surface area contributed by atoms with Gasteiger partial charge in [-0.2, -0.15) is 0 Å². The van der Waals surface area contributed by atoms with Crippen LogP contribution in [0.4, 0.5) is 8.78 Å². The summed E-state index contributed by atoms with van der Waals surface area (Å²) in [5.41, 5.74) is 4.54. The van der Waals surface area contributed by atoms with Crippen LogP contribution in [0.3, 0.4) is 0 Å². The van der Waals surface area contributed by atoms with E-state index in [1.54, 1.807) is 6.07 Å². The average Bonchev–Trinajstić information content (AvgIpc) is 2.84. The minimum atomic E-state index is -0.446. The Morgan fingerprint density at radius 1 is 0.788 bits per heavy atom. The predicted octanol–water partition coefficient (Wildman–Crippen LogP) is 8.74. The number of rotatable bonds is 9. The number of halogens is 3. The van der Waals surface area contributed by atoms with Crippen LogP contribution in [0.25, 0.3) is 22.0 Å². The molecule has 170 valence electrons. The molecule has 0 aliphatic carbocycles. The maximum absolute atomic E-state index is 15.2. The highest BCUT2D eigenvalue weighted by Gasteiger charge is 2.10. The van der Waals surface area contributed by atoms with Crippen LogP contribution in [0.15, 0.2) is 66.9 Å². The lowest BCUT2D eigenvalue weighted by Crippen LogP contribution is -1.97. The van der Waals surface area contributed by atoms with E-state index < -0.39 is 5.82 Å². The maximum Gasteiger partial charge on any atom is 0.142 e. The summed E-state index contributed by atoms with van der Waals surface area (Å²) in [4.78, 5) is 4.64. The summed E-state index contributed by atoms with van der Waals surface area (Å²) in [6.45, 7) is 2.22. The summed E-state index contributed by atoms with van der Waals surface area (Å²) in [6.07, 6.45) is 9.02. The first-order valence-electron chi connectivity index (χ1n) is 11.7. The first-order chi connectivity index (χ1) is 16.0. The van der Waals surface area contributed by atoms with Crippen molar-refractivity contribution in [1.82, 2.24) is 4.98 Å². The highest BCUT2D eigenvalue weighted by molar-refractivity contribution is 6.30. The summed E-state index contributed by atoms with van der Waals surface area (Å²) >= 11 is 5.74. The van der Waals surface area contributed by atoms with Gasteiger partial charge in [-0.3, -0.25) is 4.98 Å². The molecule has 4 heteroatoms. The maximum atomic E-state index is 15.2. The van der Waals surface area contributed by atoms with Crippen LogP contribution < -0.4 is 0 Å². The molecule has 4 aromatic rings. The first-order valence-corrected chi connectivity index (χ1v) is 12.0. The van der Waals surface area contributed by atoms with E-state index in [0.717, 1.165) is 28.6 Å². The van der Waals surface area contributed by atoms with E-state index in [4.69, 9.17) is 11.6 Å². The third kappa shape index (κ3) is 5.78. The lowest BCUT2D eigenvalue weighted by atomic mass is 9.98. The fraction of sp³-hybridized carbons (Fsp3) is 0.276. The van der Waals surface area contributed by atoms with Crippen molar-refractivity contribution in [3.8, 4) is 11.3 Å². The molecule has 1 aromatic heterocycles. The summed E-state index contributed by atoms with van der Waals surface area (Å²) in [7, 11) is 0. The summed E-state index contributed by atoms with van der Waals surface area (Å²) < 4.78 is 28.8. The van der Waals surface area contributed by atoms with Gasteiger partial charge in [0.05, 0.1) is 10.7 Å². The minimum absolute atomic E-state index is 0.0996. The molecule has 0 atom stereocenters. The van der Waals surface area contributed by atoms with E-state index in [1.165, 1.54) is 43.4 Å². The van der Waals surface area contributed by atoms with Crippen molar-refractivity contribution in [2.45, 2.75) is 51.9 Å². The molecule has 1 heterocycles. The molecule has 0 bridgehead atoms. The molecular weight excluding hydrogens is 436 g/mol. The zero-order valence-corrected chi connectivity index (χ0v) is 19.6. The van der Waals surface area contributed by atoms with Crippen LogP contribution in [0.1, 0.15) is 49.3 Å². The Labute approximate surface area is 199 Å². The van der Waals surface area contributed by atoms with Crippen LogP contribution in [-0.2, 0) is 19.3 Å². The molecule has 0 fully saturated rings. The molecule has 4 rings (SSSR count). The van der Waals surface area contributed by atoms with E-state index >= 15 is 4.39 Å². The van der Waals surface area contributed by atoms with E-state index in [0.29, 0.717) is 23.8 Å². The standard InChI is InChI=1S/C29H28ClF2N/c1-2-3-4-5-6-21-9-16-28(33-19-21)24-13-14-25-23(18-24)12-11-22(29(25)32)10-7-20-8-15-26(30)27(31)17-20/h8-9,11-19H,2-7,10H2,1H3. The monoisotopic (exact) mass is 463 g/mol. The average molecular weight is 464 g/mol. The molecule has 0 aliphatic heterocycles. The molecule has 0 N–H and O–H groups in total. The Morgan fingerprint density at radius 2 is 1.64 bits per heavy atom. The van der Waals surface area contributed by atoms with Crippen LogP contribution in [-0.4, -0.2) is 4.98 Å². The van der Waals surface area contributed by atoms with E-state index in [2.05, 4.69) is 18.0 Å². The summed E-state index contributed by atoms with van der Waals surface area (Å²) in [5.74, 6) is -0.664. The van der Waals surface area contributed by atoms with Gasteiger partial charge in [-0.25, -0.2) is 8.78 Å². The van der Waals surface area contributed by atoms with Crippen molar-refractivity contribution in [1.29, 1.82) is 0 Å². The smallest absolute Gasteiger partial charge is 0.142 e. The number of hydrogen-bond acceptors (Lipinski definition) is 1. The molecular formula is C29H28ClF2N. The lowest BCUT2D eigenvalue weighted by Gasteiger charge is -2.09. The number of nitrogens with zero attached hydrogens (tertiary/aromatic N) is 1. The number of pyridine rings is 1. The van der Waals surface area contributed by atoms with Crippen LogP contribution in [0.5, 0.6) is 0 Å². The Morgan fingerprint density at radius 3 is 2.39 bits per heavy atom. The van der Waals surface area contributed by atoms with Crippen LogP contribution >= 0.6 is 11.6 Å². The van der Waals surface area contributed by atoms with Gasteiger partial charge in [-0.15, -0.1) is 0 Å². The fourth-order valence-corrected chi connectivity index (χ4v) is 4.28. The van der Waals surface area contributed by atoms with Gasteiger partial charge in [-0.1, -0.05) is 74.2 Å². The normalized spacial score (nSPS) is 11.3. The molecule has 0 spiro atoms. The molecule has 0 saturated carbocycles. The van der Waals surface area contributed by atoms with E-state index in [1.807, 2.05) is 42.6 Å². The third-order valence-corrected chi connectivity index (χ3v) is 6.45. The molecule has 33 heavy (non-hydrogen) atoms. The number of aryl methyl sites for hydroxylation is 3. The van der Waals surface area contributed by atoms with Crippen LogP contribution in [0.2, 0.25) is 5.02 Å². The Balaban J connectivity index is 1.47. The highest BCUT2D eigenvalue weighted by atomic mass is 35.5. The Kier molecular flexibility index (Phi) is 7.72. The largest absolute Gasteiger partial charge is 0.256 e. The van der Waals surface area contributed by atoms with Crippen molar-refractivity contribution in [2.75, 3.05) is 0 Å². The second-order valence-corrected chi connectivity index (χ2v) is 8.99. The molecule has 0 unspecified atom stereocenters. The van der Waals surface area contributed by atoms with Gasteiger partial charge in [0.2, 0.25) is 0 Å². The molecule has 0 radical (unpaired) electrons. The van der Waals surface area contributed by atoms with E-state index in [-0.39, 0.29) is 10.8 Å². The highest BCUT2D eigenvalue weighted by Crippen LogP contribution is 2.28. The van der Waals surface area contributed by atoms with Gasteiger partial charge in [0, 0.05) is 17.1 Å². The number of hydrogen-bond donors (Lipinski definition) is 0. The van der Waals surface area contributed by atoms with Gasteiger partial charge in [0.15, 0.2) is 0 Å². The summed E-state index contributed by atoms with van der Waals surface area (Å²) in [6, 6.07) is 18.4. The fourth-order valence-electron chi connectivity index (χ4n) is 4.16. The quantitative estimate of drug-likeness (QED) is 0.226. The van der Waals surface area contributed by atoms with Gasteiger partial charge in [0.25, 0.3) is 0 Å². The Bertz CT molecular complexity index is 1230. The van der Waals surface area contributed by atoms with E-state index in [9.17, 15) is 4.39 Å². The zero-order chi connectivity index (χ0) is 23.2. The predicted molar refractivity (Wildman–Crippen MR) is 134 cm³/mol. The van der Waals surface area contributed by atoms with Gasteiger partial charge in [-0.05, 0) is 72.0 Å². The topological polar surface area (TPSA) is 12.9 Å². The molecule has 0 amide bonds. The first kappa shape index (κ1) is 23.4. The van der Waals surface area contributed by atoms with Gasteiger partial charge in [0.1, 0.15) is 11.6 Å². The van der Waals surface area contributed by atoms with Crippen molar-refractivity contribution in [3.63, 3.8) is 0 Å². The molecule has 3 aromatic carbocycles. The second kappa shape index (κ2) is 10.9. The molecule has 0 aliphatic rings. The number of fused-ring (bicyclic) bond motifs is 1. The number of benzene rings is 3. The third-order valence-electron chi connectivity index (χ3n) is 6.14. The molecule has 0 saturated heterocycles. The van der Waals surface area contributed by atoms with Crippen molar-refractivity contribution in [2.24, 2.45) is 0 Å². The lowest BCUT2D eigenvalue weighted by molar-refractivity contribution is 0.617. The number of aromatic nitrogens is 1. The minimum Gasteiger partial charge on any atom is -0.256 e. The Hall–Kier alpha value is -2.78. The molecule has 1 nitrogen and oxygen atoms in total. The zero-order valence-electron chi connectivity index (χ0n) is 18.9. The van der Waals surface area contributed by atoms with Gasteiger partial charge < -0.3 is 0 Å². The van der Waals surface area contributed by atoms with Crippen molar-refractivity contribution in [3.05, 3.63) is 100 Å². The summed E-state index contributed by atoms with van der Waals surface area (Å²) in [5, 5.41) is 1.53. The van der Waals surface area contributed by atoms with Gasteiger partial charge >= 0.3 is 0 Å². The van der Waals surface area contributed by atoms with Crippen LogP contribution in [0, 0.1) is 11.6 Å².